The highest BCUT2D eigenvalue weighted by Gasteiger charge is 2.35. The molecule has 0 aliphatic carbocycles. The first-order valence-corrected chi connectivity index (χ1v) is 8.18. The Bertz CT molecular complexity index is 539. The Balaban J connectivity index is 1.96. The minimum absolute atomic E-state index is 0.0666. The predicted octanol–water partition coefficient (Wildman–Crippen LogP) is 3.39. The fourth-order valence-corrected chi connectivity index (χ4v) is 2.83. The maximum absolute atomic E-state index is 12.6. The first-order valence-electron chi connectivity index (χ1n) is 8.18. The van der Waals surface area contributed by atoms with Crippen molar-refractivity contribution in [3.8, 4) is 0 Å². The summed E-state index contributed by atoms with van der Waals surface area (Å²) in [5.74, 6) is 0.295. The van der Waals surface area contributed by atoms with E-state index in [0.29, 0.717) is 44.9 Å². The van der Waals surface area contributed by atoms with E-state index in [-0.39, 0.29) is 12.0 Å². The van der Waals surface area contributed by atoms with Gasteiger partial charge in [-0.3, -0.25) is 0 Å². The monoisotopic (exact) mass is 348 g/mol. The van der Waals surface area contributed by atoms with Gasteiger partial charge in [0.25, 0.3) is 0 Å². The molecule has 0 spiro atoms. The van der Waals surface area contributed by atoms with Crippen LogP contribution in [0.4, 0.5) is 18.0 Å². The number of aromatic amines is 1. The summed E-state index contributed by atoms with van der Waals surface area (Å²) >= 11 is 0. The topological polar surface area (TPSA) is 61.5 Å². The number of hydrazine groups is 1. The zero-order valence-electron chi connectivity index (χ0n) is 13.9. The Morgan fingerprint density at radius 2 is 2.08 bits per heavy atom. The molecule has 9 heteroatoms. The van der Waals surface area contributed by atoms with Crippen molar-refractivity contribution in [1.82, 2.24) is 20.0 Å². The average molecular weight is 348 g/mol. The number of aromatic nitrogens is 2. The smallest absolute Gasteiger partial charge is 0.434 e. The van der Waals surface area contributed by atoms with Crippen LogP contribution >= 0.6 is 0 Å². The quantitative estimate of drug-likeness (QED) is 0.886. The number of rotatable bonds is 5. The molecule has 1 aromatic heterocycles. The summed E-state index contributed by atoms with van der Waals surface area (Å²) in [5.41, 5.74) is -0.890. The van der Waals surface area contributed by atoms with Gasteiger partial charge in [0.05, 0.1) is 6.61 Å². The number of H-pyrrole nitrogens is 1. The van der Waals surface area contributed by atoms with Crippen molar-refractivity contribution in [3.05, 3.63) is 17.7 Å². The van der Waals surface area contributed by atoms with Crippen LogP contribution < -0.4 is 0 Å². The summed E-state index contributed by atoms with van der Waals surface area (Å²) in [5, 5.41) is 3.49. The van der Waals surface area contributed by atoms with Gasteiger partial charge < -0.3 is 9.72 Å². The van der Waals surface area contributed by atoms with Gasteiger partial charge in [0.1, 0.15) is 5.82 Å². The Kier molecular flexibility index (Phi) is 6.09. The van der Waals surface area contributed by atoms with Gasteiger partial charge in [-0.05, 0) is 26.2 Å². The fraction of sp³-hybridized carbons (Fsp3) is 0.733. The first-order chi connectivity index (χ1) is 11.4. The number of ether oxygens (including phenoxy) is 1. The predicted molar refractivity (Wildman–Crippen MR) is 81.2 cm³/mol. The van der Waals surface area contributed by atoms with Crippen LogP contribution in [0.2, 0.25) is 0 Å². The summed E-state index contributed by atoms with van der Waals surface area (Å²) in [4.78, 5) is 18.3. The third-order valence-electron chi connectivity index (χ3n) is 4.00. The molecule has 1 amide bonds. The van der Waals surface area contributed by atoms with E-state index < -0.39 is 11.9 Å². The molecule has 1 aromatic rings. The molecule has 2 rings (SSSR count). The summed E-state index contributed by atoms with van der Waals surface area (Å²) in [6.07, 6.45) is -1.85. The molecular formula is C15H23F3N4O2. The second-order valence-corrected chi connectivity index (χ2v) is 5.72. The number of nitrogens with one attached hydrogen (secondary N) is 1. The number of carbonyl (C=O) groups excluding carboxylic acids is 1. The van der Waals surface area contributed by atoms with Gasteiger partial charge in [0, 0.05) is 31.7 Å². The summed E-state index contributed by atoms with van der Waals surface area (Å²) < 4.78 is 43.0. The number of piperidine rings is 1. The van der Waals surface area contributed by atoms with Crippen molar-refractivity contribution in [2.45, 2.75) is 45.2 Å². The summed E-state index contributed by atoms with van der Waals surface area (Å²) in [6, 6.07) is 0. The lowest BCUT2D eigenvalue weighted by Gasteiger charge is -2.38. The first kappa shape index (κ1) is 18.6. The zero-order chi connectivity index (χ0) is 17.7. The van der Waals surface area contributed by atoms with Crippen LogP contribution in [-0.2, 0) is 10.9 Å². The lowest BCUT2D eigenvalue weighted by Crippen LogP contribution is -2.50. The highest BCUT2D eigenvalue weighted by atomic mass is 19.4. The number of hydrogen-bond donors (Lipinski definition) is 1. The average Bonchev–Trinajstić information content (AvgIpc) is 3.03. The largest absolute Gasteiger partial charge is 0.449 e. The highest BCUT2D eigenvalue weighted by molar-refractivity contribution is 5.66. The molecule has 1 fully saturated rings. The van der Waals surface area contributed by atoms with E-state index in [1.54, 1.807) is 11.9 Å². The van der Waals surface area contributed by atoms with Crippen LogP contribution in [0.25, 0.3) is 0 Å². The van der Waals surface area contributed by atoms with Crippen LogP contribution in [0.1, 0.15) is 50.5 Å². The maximum Gasteiger partial charge on any atom is 0.434 e. The Labute approximate surface area is 138 Å². The lowest BCUT2D eigenvalue weighted by atomic mass is 9.97. The molecule has 1 aliphatic heterocycles. The normalized spacial score (nSPS) is 17.0. The minimum atomic E-state index is -4.43. The highest BCUT2D eigenvalue weighted by Crippen LogP contribution is 2.31. The molecule has 24 heavy (non-hydrogen) atoms. The third kappa shape index (κ3) is 4.40. The Morgan fingerprint density at radius 1 is 1.42 bits per heavy atom. The molecule has 0 bridgehead atoms. The summed E-state index contributed by atoms with van der Waals surface area (Å²) in [7, 11) is 0. The molecule has 0 aromatic carbocycles. The standard InChI is InChI=1S/C15H23F3N4O2/c1-3-7-22(14(23)24-4-2)21-8-5-11(6-9-21)13-19-10-12(20-13)15(16,17)18/h10-11H,3-9H2,1-2H3,(H,19,20). The van der Waals surface area contributed by atoms with Crippen LogP contribution in [0.3, 0.4) is 0 Å². The van der Waals surface area contributed by atoms with Crippen molar-refractivity contribution in [1.29, 1.82) is 0 Å². The second kappa shape index (κ2) is 7.87. The van der Waals surface area contributed by atoms with Gasteiger partial charge in [-0.15, -0.1) is 0 Å². The summed E-state index contributed by atoms with van der Waals surface area (Å²) in [6.45, 7) is 5.74. The molecule has 0 unspecified atom stereocenters. The van der Waals surface area contributed by atoms with E-state index in [0.717, 1.165) is 12.6 Å². The SMILES string of the molecule is CCCN(C(=O)OCC)N1CCC(c2nc(C(F)(F)F)c[nH]2)CC1. The van der Waals surface area contributed by atoms with Crippen molar-refractivity contribution in [3.63, 3.8) is 0 Å². The number of alkyl halides is 3. The van der Waals surface area contributed by atoms with Gasteiger partial charge in [0.2, 0.25) is 0 Å². The molecule has 1 aliphatic rings. The van der Waals surface area contributed by atoms with Gasteiger partial charge in [-0.1, -0.05) is 6.92 Å². The van der Waals surface area contributed by atoms with E-state index in [9.17, 15) is 18.0 Å². The van der Waals surface area contributed by atoms with Gasteiger partial charge >= 0.3 is 12.3 Å². The zero-order valence-corrected chi connectivity index (χ0v) is 13.9. The Hall–Kier alpha value is -1.77. The van der Waals surface area contributed by atoms with E-state index >= 15 is 0 Å². The second-order valence-electron chi connectivity index (χ2n) is 5.72. The molecular weight excluding hydrogens is 325 g/mol. The molecule has 1 saturated heterocycles. The maximum atomic E-state index is 12.6. The van der Waals surface area contributed by atoms with E-state index in [4.69, 9.17) is 4.74 Å². The van der Waals surface area contributed by atoms with Gasteiger partial charge in [-0.2, -0.15) is 13.2 Å². The van der Waals surface area contributed by atoms with Gasteiger partial charge in [-0.25, -0.2) is 19.8 Å². The van der Waals surface area contributed by atoms with Crippen molar-refractivity contribution < 1.29 is 22.7 Å². The molecule has 0 saturated carbocycles. The Morgan fingerprint density at radius 3 is 2.58 bits per heavy atom. The molecule has 2 heterocycles. The number of halogens is 3. The van der Waals surface area contributed by atoms with E-state index in [2.05, 4.69) is 9.97 Å². The van der Waals surface area contributed by atoms with Crippen LogP contribution in [0, 0.1) is 0 Å². The number of carbonyl (C=O) groups is 1. The molecule has 0 radical (unpaired) electrons. The number of amides is 1. The van der Waals surface area contributed by atoms with E-state index in [1.165, 1.54) is 0 Å². The number of nitrogens with zero attached hydrogens (tertiary/aromatic N) is 3. The van der Waals surface area contributed by atoms with Gasteiger partial charge in [0.15, 0.2) is 5.69 Å². The third-order valence-corrected chi connectivity index (χ3v) is 4.00. The molecule has 136 valence electrons. The van der Waals surface area contributed by atoms with Crippen molar-refractivity contribution >= 4 is 6.09 Å². The van der Waals surface area contributed by atoms with E-state index in [1.807, 2.05) is 11.9 Å². The van der Waals surface area contributed by atoms with Crippen LogP contribution in [0.15, 0.2) is 6.20 Å². The molecule has 6 nitrogen and oxygen atoms in total. The fourth-order valence-electron chi connectivity index (χ4n) is 2.83. The molecule has 0 atom stereocenters. The number of hydrogen-bond acceptors (Lipinski definition) is 4. The number of imidazole rings is 1. The molecule has 1 N–H and O–H groups in total. The van der Waals surface area contributed by atoms with Crippen LogP contribution in [-0.4, -0.2) is 52.3 Å². The minimum Gasteiger partial charge on any atom is -0.449 e. The van der Waals surface area contributed by atoms with Crippen molar-refractivity contribution in [2.75, 3.05) is 26.2 Å². The lowest BCUT2D eigenvalue weighted by molar-refractivity contribution is -0.141. The van der Waals surface area contributed by atoms with Crippen LogP contribution in [0.5, 0.6) is 0 Å². The van der Waals surface area contributed by atoms with Crippen molar-refractivity contribution in [2.24, 2.45) is 0 Å².